The lowest BCUT2D eigenvalue weighted by Gasteiger charge is -2.45. The third-order valence-corrected chi connectivity index (χ3v) is 5.05. The summed E-state index contributed by atoms with van der Waals surface area (Å²) in [6, 6.07) is 13.6. The Morgan fingerprint density at radius 3 is 2.22 bits per heavy atom. The summed E-state index contributed by atoms with van der Waals surface area (Å²) in [7, 11) is 3.12. The predicted octanol–water partition coefficient (Wildman–Crippen LogP) is 4.00. The van der Waals surface area contributed by atoms with Gasteiger partial charge >= 0.3 is 0 Å². The van der Waals surface area contributed by atoms with Crippen LogP contribution in [0.25, 0.3) is 0 Å². The first-order chi connectivity index (χ1) is 12.9. The van der Waals surface area contributed by atoms with E-state index in [9.17, 15) is 4.79 Å². The van der Waals surface area contributed by atoms with Gasteiger partial charge in [0, 0.05) is 0 Å². The summed E-state index contributed by atoms with van der Waals surface area (Å²) in [5.41, 5.74) is 2.27. The molecule has 5 heteroatoms. The monoisotopic (exact) mass is 369 g/mol. The maximum Gasteiger partial charge on any atom is 0.262 e. The third-order valence-electron chi connectivity index (χ3n) is 5.05. The zero-order valence-electron chi connectivity index (χ0n) is 16.6. The van der Waals surface area contributed by atoms with Gasteiger partial charge in [0.25, 0.3) is 5.91 Å². The van der Waals surface area contributed by atoms with Crippen molar-refractivity contribution < 1.29 is 19.0 Å². The van der Waals surface area contributed by atoms with Crippen LogP contribution in [-0.2, 0) is 4.74 Å². The van der Waals surface area contributed by atoms with Gasteiger partial charge < -0.3 is 19.1 Å². The maximum absolute atomic E-state index is 13.5. The summed E-state index contributed by atoms with van der Waals surface area (Å²) in [5, 5.41) is 0. The van der Waals surface area contributed by atoms with Crippen molar-refractivity contribution in [1.29, 1.82) is 0 Å². The number of hydrogen-bond acceptors (Lipinski definition) is 4. The Hall–Kier alpha value is -2.53. The van der Waals surface area contributed by atoms with Crippen LogP contribution in [0, 0.1) is 6.92 Å². The van der Waals surface area contributed by atoms with E-state index in [1.807, 2.05) is 24.8 Å². The Labute approximate surface area is 160 Å². The van der Waals surface area contributed by atoms with Crippen LogP contribution in [0.3, 0.4) is 0 Å². The van der Waals surface area contributed by atoms with E-state index < -0.39 is 5.54 Å². The number of carbonyl (C=O) groups excluding carboxylic acids is 1. The topological polar surface area (TPSA) is 48.0 Å². The fourth-order valence-corrected chi connectivity index (χ4v) is 3.39. The van der Waals surface area contributed by atoms with Crippen molar-refractivity contribution in [1.82, 2.24) is 4.90 Å². The molecule has 1 atom stereocenters. The lowest BCUT2D eigenvalue weighted by Crippen LogP contribution is -2.56. The van der Waals surface area contributed by atoms with Crippen molar-refractivity contribution in [3.8, 4) is 11.5 Å². The Kier molecular flexibility index (Phi) is 5.42. The number of hydrogen-bond donors (Lipinski definition) is 0. The van der Waals surface area contributed by atoms with Crippen molar-refractivity contribution in [2.24, 2.45) is 0 Å². The number of methoxy groups -OCH3 is 2. The van der Waals surface area contributed by atoms with Gasteiger partial charge in [-0.3, -0.25) is 4.79 Å². The summed E-state index contributed by atoms with van der Waals surface area (Å²) in [6.45, 7) is 7.00. The SMILES string of the molecule is COc1cccc(OC)c1C(=O)N1CC(c2ccc(C)cc2)OCC1(C)C. The number of rotatable bonds is 4. The molecule has 3 rings (SSSR count). The molecule has 1 saturated heterocycles. The van der Waals surface area contributed by atoms with Gasteiger partial charge in [-0.05, 0) is 38.5 Å². The first-order valence-corrected chi connectivity index (χ1v) is 9.08. The summed E-state index contributed by atoms with van der Waals surface area (Å²) < 4.78 is 17.0. The molecule has 0 radical (unpaired) electrons. The second kappa shape index (κ2) is 7.61. The predicted molar refractivity (Wildman–Crippen MR) is 105 cm³/mol. The molecule has 0 spiro atoms. The molecule has 0 bridgehead atoms. The minimum atomic E-state index is -0.440. The minimum Gasteiger partial charge on any atom is -0.496 e. The number of ether oxygens (including phenoxy) is 3. The van der Waals surface area contributed by atoms with Crippen LogP contribution < -0.4 is 9.47 Å². The highest BCUT2D eigenvalue weighted by atomic mass is 16.5. The van der Waals surface area contributed by atoms with Gasteiger partial charge in [0.2, 0.25) is 0 Å². The van der Waals surface area contributed by atoms with Gasteiger partial charge in [-0.1, -0.05) is 35.9 Å². The Bertz CT molecular complexity index is 791. The Morgan fingerprint density at radius 2 is 1.67 bits per heavy atom. The number of nitrogens with zero attached hydrogens (tertiary/aromatic N) is 1. The Morgan fingerprint density at radius 1 is 1.07 bits per heavy atom. The molecule has 1 aliphatic rings. The molecule has 2 aromatic rings. The molecule has 0 aliphatic carbocycles. The van der Waals surface area contributed by atoms with Crippen molar-refractivity contribution in [2.45, 2.75) is 32.4 Å². The lowest BCUT2D eigenvalue weighted by molar-refractivity contribution is -0.0847. The average Bonchev–Trinajstić information content (AvgIpc) is 2.67. The quantitative estimate of drug-likeness (QED) is 0.817. The number of carbonyl (C=O) groups is 1. The molecule has 144 valence electrons. The third kappa shape index (κ3) is 3.78. The summed E-state index contributed by atoms with van der Waals surface area (Å²) in [4.78, 5) is 15.4. The van der Waals surface area contributed by atoms with Crippen LogP contribution in [0.2, 0.25) is 0 Å². The molecular weight excluding hydrogens is 342 g/mol. The summed E-state index contributed by atoms with van der Waals surface area (Å²) in [5.74, 6) is 0.900. The maximum atomic E-state index is 13.5. The van der Waals surface area contributed by atoms with E-state index in [0.717, 1.165) is 5.56 Å². The molecule has 0 aromatic heterocycles. The molecule has 5 nitrogen and oxygen atoms in total. The number of amides is 1. The van der Waals surface area contributed by atoms with E-state index in [1.54, 1.807) is 26.4 Å². The molecular formula is C22H27NO4. The summed E-state index contributed by atoms with van der Waals surface area (Å²) >= 11 is 0. The number of morpholine rings is 1. The highest BCUT2D eigenvalue weighted by Gasteiger charge is 2.40. The lowest BCUT2D eigenvalue weighted by atomic mass is 9.96. The van der Waals surface area contributed by atoms with E-state index in [2.05, 4.69) is 31.2 Å². The largest absolute Gasteiger partial charge is 0.496 e. The van der Waals surface area contributed by atoms with Gasteiger partial charge in [-0.2, -0.15) is 0 Å². The van der Waals surface area contributed by atoms with Gasteiger partial charge in [0.05, 0.1) is 32.9 Å². The van der Waals surface area contributed by atoms with Crippen LogP contribution in [-0.4, -0.2) is 43.7 Å². The van der Waals surface area contributed by atoms with E-state index in [1.165, 1.54) is 5.56 Å². The van der Waals surface area contributed by atoms with Crippen LogP contribution in [0.15, 0.2) is 42.5 Å². The molecule has 1 unspecified atom stereocenters. The van der Waals surface area contributed by atoms with Crippen LogP contribution >= 0.6 is 0 Å². The van der Waals surface area contributed by atoms with E-state index in [0.29, 0.717) is 30.2 Å². The highest BCUT2D eigenvalue weighted by molar-refractivity contribution is 6.00. The van der Waals surface area contributed by atoms with Gasteiger partial charge in [-0.25, -0.2) is 0 Å². The summed E-state index contributed by atoms with van der Waals surface area (Å²) in [6.07, 6.45) is -0.164. The normalized spacial score (nSPS) is 18.9. The minimum absolute atomic E-state index is 0.116. The molecule has 0 saturated carbocycles. The molecule has 0 N–H and O–H groups in total. The first-order valence-electron chi connectivity index (χ1n) is 9.08. The highest BCUT2D eigenvalue weighted by Crippen LogP contribution is 2.36. The second-order valence-corrected chi connectivity index (χ2v) is 7.48. The Balaban J connectivity index is 1.95. The van der Waals surface area contributed by atoms with Crippen LogP contribution in [0.4, 0.5) is 0 Å². The van der Waals surface area contributed by atoms with E-state index in [4.69, 9.17) is 14.2 Å². The smallest absolute Gasteiger partial charge is 0.262 e. The van der Waals surface area contributed by atoms with Gasteiger partial charge in [0.1, 0.15) is 23.2 Å². The van der Waals surface area contributed by atoms with E-state index in [-0.39, 0.29) is 12.0 Å². The van der Waals surface area contributed by atoms with E-state index >= 15 is 0 Å². The first kappa shape index (κ1) is 19.2. The van der Waals surface area contributed by atoms with Crippen molar-refractivity contribution in [3.05, 3.63) is 59.2 Å². The van der Waals surface area contributed by atoms with Crippen LogP contribution in [0.1, 0.15) is 41.4 Å². The fraction of sp³-hybridized carbons (Fsp3) is 0.409. The molecule has 1 aliphatic heterocycles. The van der Waals surface area contributed by atoms with Crippen molar-refractivity contribution in [3.63, 3.8) is 0 Å². The van der Waals surface area contributed by atoms with Crippen molar-refractivity contribution in [2.75, 3.05) is 27.4 Å². The molecule has 1 heterocycles. The number of benzene rings is 2. The fourth-order valence-electron chi connectivity index (χ4n) is 3.39. The number of aryl methyl sites for hydroxylation is 1. The zero-order valence-corrected chi connectivity index (χ0v) is 16.6. The molecule has 1 fully saturated rings. The standard InChI is InChI=1S/C22H27NO4/c1-15-9-11-16(12-10-15)19-13-23(22(2,3)14-27-19)21(24)20-17(25-4)7-6-8-18(20)26-5/h6-12,19H,13-14H2,1-5H3. The average molecular weight is 369 g/mol. The second-order valence-electron chi connectivity index (χ2n) is 7.48. The van der Waals surface area contributed by atoms with Gasteiger partial charge in [-0.15, -0.1) is 0 Å². The molecule has 27 heavy (non-hydrogen) atoms. The van der Waals surface area contributed by atoms with Gasteiger partial charge in [0.15, 0.2) is 0 Å². The van der Waals surface area contributed by atoms with Crippen molar-refractivity contribution >= 4 is 5.91 Å². The van der Waals surface area contributed by atoms with Crippen LogP contribution in [0.5, 0.6) is 11.5 Å². The molecule has 2 aromatic carbocycles. The molecule has 1 amide bonds. The zero-order chi connectivity index (χ0) is 19.6.